The van der Waals surface area contributed by atoms with E-state index in [0.29, 0.717) is 67.2 Å². The van der Waals surface area contributed by atoms with Gasteiger partial charge < -0.3 is 56.1 Å². The molecule has 0 aromatic heterocycles. The number of carbonyl (C=O) groups is 5. The minimum atomic E-state index is -0.452. The zero-order valence-corrected chi connectivity index (χ0v) is 74.9. The number of nitro benzene ring substituents is 1. The summed E-state index contributed by atoms with van der Waals surface area (Å²) in [5.41, 5.74) is 16.9. The summed E-state index contributed by atoms with van der Waals surface area (Å²) in [6.07, 6.45) is 3.14. The normalized spacial score (nSPS) is 12.1. The third kappa shape index (κ3) is 24.7. The minimum absolute atomic E-state index is 0.00303. The smallest absolute Gasteiger partial charge is 0.269 e. The molecule has 0 radical (unpaired) electrons. The highest BCUT2D eigenvalue weighted by molar-refractivity contribution is 14.1. The highest BCUT2D eigenvalue weighted by Gasteiger charge is 2.38. The average Bonchev–Trinajstić information content (AvgIpc) is 0.743. The number of nitrogens with one attached hydrogen (secondary N) is 5. The van der Waals surface area contributed by atoms with Gasteiger partial charge in [-0.05, 0) is 332 Å². The molecule has 0 aliphatic heterocycles. The van der Waals surface area contributed by atoms with E-state index in [1.807, 2.05) is 102 Å². The number of nitro groups is 1. The van der Waals surface area contributed by atoms with Gasteiger partial charge in [-0.2, -0.15) is 0 Å². The number of likely N-dealkylation sites (N-methyl/N-ethyl adjacent to an activating group) is 2. The highest BCUT2D eigenvalue weighted by atomic mass is 127. The number of nitrogens with zero attached hydrogens (tertiary/aromatic N) is 1. The molecule has 24 heteroatoms. The lowest BCUT2D eigenvalue weighted by molar-refractivity contribution is -0.384. The quantitative estimate of drug-likeness (QED) is 0.0116. The number of non-ortho nitro benzene ring substituents is 1. The summed E-state index contributed by atoms with van der Waals surface area (Å²) in [4.78, 5) is 68.3. The SMILES string of the molecule is C=C(c1ccc(C(=O)NC)cc1)c1cc2c(cc1C)C(C)(C)CCC2(C)C.CNC(=O)CC(=O)Nc1cc(Br)c(Oc2ccc(O)c(C(C)C)c2)c(Br)c1.CNC(=O)COc1cc(C)c(Cc2cc(C#Cc3ccc([N+](=O)[O-])cc3)c(O)c(C(C)C)c2)c(C)c1.CNC(=O)Cc1cc(I)c(Oc2ccc(O)c(I)c2)c(I)c1. The second-order valence-corrected chi connectivity index (χ2v) is 33.9. The lowest BCUT2D eigenvalue weighted by Gasteiger charge is -2.42. The molecule has 0 spiro atoms. The van der Waals surface area contributed by atoms with Gasteiger partial charge in [0.2, 0.25) is 17.7 Å². The van der Waals surface area contributed by atoms with Gasteiger partial charge in [0, 0.05) is 62.7 Å². The molecule has 0 saturated carbocycles. The minimum Gasteiger partial charge on any atom is -0.508 e. The summed E-state index contributed by atoms with van der Waals surface area (Å²) < 4.78 is 21.3. The van der Waals surface area contributed by atoms with Crippen LogP contribution in [-0.4, -0.2) is 84.6 Å². The summed E-state index contributed by atoms with van der Waals surface area (Å²) in [5, 5.41) is 54.1. The number of carbonyl (C=O) groups excluding carboxylic acids is 5. The van der Waals surface area contributed by atoms with E-state index in [1.165, 1.54) is 54.3 Å². The molecule has 0 unspecified atom stereocenters. The number of anilines is 1. The van der Waals surface area contributed by atoms with Crippen LogP contribution >= 0.6 is 99.6 Å². The van der Waals surface area contributed by atoms with Gasteiger partial charge in [-0.15, -0.1) is 0 Å². The number of halogens is 5. The van der Waals surface area contributed by atoms with Crippen LogP contribution in [0.4, 0.5) is 11.4 Å². The first-order valence-electron chi connectivity index (χ1n) is 35.8. The second-order valence-electron chi connectivity index (χ2n) is 28.7. The Kier molecular flexibility index (Phi) is 32.7. The van der Waals surface area contributed by atoms with E-state index in [1.54, 1.807) is 81.8 Å². The molecule has 1 aliphatic rings. The molecule has 10 rings (SSSR count). The second kappa shape index (κ2) is 40.6. The van der Waals surface area contributed by atoms with E-state index >= 15 is 0 Å². The number of phenolic OH excluding ortho intramolecular Hbond substituents is 3. The van der Waals surface area contributed by atoms with Crippen LogP contribution in [0, 0.1) is 53.4 Å². The number of hydrogen-bond donors (Lipinski definition) is 8. The monoisotopic (exact) mass is 1980 g/mol. The van der Waals surface area contributed by atoms with Crippen molar-refractivity contribution >= 4 is 146 Å². The van der Waals surface area contributed by atoms with Crippen LogP contribution in [0.2, 0.25) is 0 Å². The number of rotatable bonds is 20. The maximum Gasteiger partial charge on any atom is 0.269 e. The predicted molar refractivity (Wildman–Crippen MR) is 476 cm³/mol. The Labute approximate surface area is 713 Å². The Morgan fingerprint density at radius 1 is 0.571 bits per heavy atom. The van der Waals surface area contributed by atoms with Crippen molar-refractivity contribution in [3.05, 3.63) is 265 Å². The van der Waals surface area contributed by atoms with Crippen molar-refractivity contribution in [3.8, 4) is 57.8 Å². The molecule has 9 aromatic rings. The first kappa shape index (κ1) is 90.2. The van der Waals surface area contributed by atoms with Crippen LogP contribution in [0.3, 0.4) is 0 Å². The molecule has 0 fully saturated rings. The molecular formula is C88H93Br2I3N6O13. The van der Waals surface area contributed by atoms with Gasteiger partial charge in [0.05, 0.1) is 36.6 Å². The Balaban J connectivity index is 0.000000210. The summed E-state index contributed by atoms with van der Waals surface area (Å²) >= 11 is 13.3. The molecule has 0 bridgehead atoms. The summed E-state index contributed by atoms with van der Waals surface area (Å²) in [6.45, 7) is 27.9. The molecule has 0 heterocycles. The highest BCUT2D eigenvalue weighted by Crippen LogP contribution is 2.48. The van der Waals surface area contributed by atoms with E-state index in [2.05, 4.69) is 191 Å². The number of aryl methyl sites for hydroxylation is 3. The number of amides is 5. The maximum absolute atomic E-state index is 11.9. The predicted octanol–water partition coefficient (Wildman–Crippen LogP) is 20.1. The van der Waals surface area contributed by atoms with Crippen LogP contribution < -0.4 is 40.8 Å². The van der Waals surface area contributed by atoms with Gasteiger partial charge in [-0.25, -0.2) is 0 Å². The topological polar surface area (TPSA) is 277 Å². The van der Waals surface area contributed by atoms with Gasteiger partial charge in [-0.3, -0.25) is 34.1 Å². The van der Waals surface area contributed by atoms with Gasteiger partial charge in [0.25, 0.3) is 17.5 Å². The molecule has 0 atom stereocenters. The van der Waals surface area contributed by atoms with Crippen molar-refractivity contribution < 1.29 is 58.4 Å². The Morgan fingerprint density at radius 3 is 1.64 bits per heavy atom. The zero-order valence-electron chi connectivity index (χ0n) is 65.2. The number of hydrogen-bond acceptors (Lipinski definition) is 13. The fourth-order valence-electron chi connectivity index (χ4n) is 12.2. The third-order valence-electron chi connectivity index (χ3n) is 18.7. The molecule has 0 saturated heterocycles. The Hall–Kier alpha value is -9.02. The van der Waals surface area contributed by atoms with E-state index in [-0.39, 0.29) is 82.3 Å². The van der Waals surface area contributed by atoms with Crippen LogP contribution in [-0.2, 0) is 42.8 Å². The van der Waals surface area contributed by atoms with Gasteiger partial charge in [0.1, 0.15) is 40.9 Å². The van der Waals surface area contributed by atoms with Crippen molar-refractivity contribution in [1.82, 2.24) is 21.3 Å². The van der Waals surface area contributed by atoms with Gasteiger partial charge >= 0.3 is 0 Å². The summed E-state index contributed by atoms with van der Waals surface area (Å²) in [5.74, 6) is 9.00. The fraction of sp³-hybridized carbons (Fsp3) is 0.284. The van der Waals surface area contributed by atoms with Crippen molar-refractivity contribution in [2.45, 2.75) is 131 Å². The maximum atomic E-state index is 11.9. The lowest BCUT2D eigenvalue weighted by atomic mass is 9.62. The molecule has 1 aliphatic carbocycles. The number of fused-ring (bicyclic) bond motifs is 1. The van der Waals surface area contributed by atoms with Gasteiger partial charge in [-0.1, -0.05) is 104 Å². The number of aromatic hydroxyl groups is 3. The molecule has 112 heavy (non-hydrogen) atoms. The molecule has 9 aromatic carbocycles. The Bertz CT molecular complexity index is 5020. The zero-order chi connectivity index (χ0) is 82.8. The largest absolute Gasteiger partial charge is 0.508 e. The first-order chi connectivity index (χ1) is 52.8. The molecule has 588 valence electrons. The van der Waals surface area contributed by atoms with Gasteiger partial charge in [0.15, 0.2) is 18.1 Å². The molecule has 5 amide bonds. The first-order valence-corrected chi connectivity index (χ1v) is 40.7. The van der Waals surface area contributed by atoms with Crippen molar-refractivity contribution in [1.29, 1.82) is 0 Å². The van der Waals surface area contributed by atoms with Crippen molar-refractivity contribution in [3.63, 3.8) is 0 Å². The van der Waals surface area contributed by atoms with E-state index < -0.39 is 10.8 Å². The molecule has 8 N–H and O–H groups in total. The number of benzene rings is 9. The van der Waals surface area contributed by atoms with Crippen LogP contribution in [0.15, 0.2) is 161 Å². The van der Waals surface area contributed by atoms with E-state index in [9.17, 15) is 49.4 Å². The van der Waals surface area contributed by atoms with Crippen LogP contribution in [0.1, 0.15) is 175 Å². The third-order valence-corrected chi connectivity index (χ3v) is 22.4. The fourth-order valence-corrected chi connectivity index (χ4v) is 16.1. The molecular weight excluding hydrogens is 1890 g/mol. The van der Waals surface area contributed by atoms with Crippen molar-refractivity contribution in [2.24, 2.45) is 0 Å². The van der Waals surface area contributed by atoms with E-state index in [0.717, 1.165) is 66.5 Å². The Morgan fingerprint density at radius 2 is 1.11 bits per heavy atom. The van der Waals surface area contributed by atoms with Crippen LogP contribution in [0.25, 0.3) is 5.57 Å². The number of ether oxygens (including phenoxy) is 3. The van der Waals surface area contributed by atoms with Crippen molar-refractivity contribution in [2.75, 3.05) is 40.1 Å². The number of phenols is 3. The van der Waals surface area contributed by atoms with E-state index in [4.69, 9.17) is 14.2 Å². The van der Waals surface area contributed by atoms with Crippen LogP contribution in [0.5, 0.6) is 46.0 Å². The summed E-state index contributed by atoms with van der Waals surface area (Å²) in [7, 11) is 6.32. The standard InChI is InChI=1S/C29H30N2O5.C25H31NO.C19H20Br2N2O4.C15H12I3NO3/c1-18(2)26-15-22(16-27-19(3)12-25(13-20(27)4)36-17-28(32)30-5)14-23(29(26)33)9-6-21-7-10-24(11-8-21)31(34)35;1-16-14-21-22(25(5,6)13-12-24(21,3)4)15-20(16)17(2)18-8-10-19(11-9-18)23(27)26-7;1-10(2)13-8-12(4-5-16(13)24)27-19-14(20)6-11(7-15(19)21)23-18(26)9-17(25)22-3;1-19-14(21)6-8-4-11(17)15(12(18)5-8)22-9-2-3-13(20)10(16)7-9/h7-8,10-15,18,33H,16-17H2,1-5H3,(H,30,32);8-11,14-15H,2,12-13H2,1,3-7H3,(H,26,27);4-8,10,24H,9H2,1-3H3,(H,22,25)(H,23,26);2-5,7,20H,6H2,1H3,(H,19,21). The average molecular weight is 1980 g/mol. The lowest BCUT2D eigenvalue weighted by Crippen LogP contribution is -2.34. The molecule has 19 nitrogen and oxygen atoms in total. The summed E-state index contributed by atoms with van der Waals surface area (Å²) in [6, 6.07) is 43.6.